The smallest absolute Gasteiger partial charge is 0.417 e. The van der Waals surface area contributed by atoms with E-state index in [9.17, 15) is 67.1 Å². The van der Waals surface area contributed by atoms with Crippen LogP contribution in [0, 0.1) is 11.3 Å². The van der Waals surface area contributed by atoms with Gasteiger partial charge in [0.1, 0.15) is 5.41 Å². The molecule has 2 fully saturated rings. The molecule has 3 heterocycles. The number of piperidine rings is 2. The number of carboxylic acid groups (broad SMARTS) is 1. The number of nitrogens with zero attached hydrogens (tertiary/aromatic N) is 3. The van der Waals surface area contributed by atoms with Crippen molar-refractivity contribution < 1.29 is 67.4 Å². The summed E-state index contributed by atoms with van der Waals surface area (Å²) in [5.74, 6) is -4.68. The van der Waals surface area contributed by atoms with Crippen LogP contribution in [0.3, 0.4) is 0 Å². The average Bonchev–Trinajstić information content (AvgIpc) is 3.55. The van der Waals surface area contributed by atoms with Gasteiger partial charge in [0, 0.05) is 36.9 Å². The number of carbonyl (C=O) groups excluding carboxylic acids is 1. The third-order valence-electron chi connectivity index (χ3n) is 11.7. The Bertz CT molecular complexity index is 2080. The quantitative estimate of drug-likeness (QED) is 0.222. The van der Waals surface area contributed by atoms with E-state index in [1.54, 1.807) is 24.3 Å². The molecule has 1 unspecified atom stereocenters. The number of alkyl halides is 12. The molecule has 1 amide bonds. The van der Waals surface area contributed by atoms with Crippen LogP contribution < -0.4 is 11.3 Å². The van der Waals surface area contributed by atoms with E-state index in [0.717, 1.165) is 16.0 Å². The van der Waals surface area contributed by atoms with Crippen molar-refractivity contribution in [3.05, 3.63) is 80.1 Å². The van der Waals surface area contributed by atoms with E-state index in [-0.39, 0.29) is 68.2 Å². The van der Waals surface area contributed by atoms with Crippen molar-refractivity contribution in [2.75, 3.05) is 32.7 Å². The third-order valence-corrected chi connectivity index (χ3v) is 11.7. The number of hydrogen-bond donors (Lipinski definition) is 2. The van der Waals surface area contributed by atoms with E-state index >= 15 is 0 Å². The van der Waals surface area contributed by atoms with Crippen LogP contribution in [-0.4, -0.2) is 82.6 Å². The Kier molecular flexibility index (Phi) is 13.2. The van der Waals surface area contributed by atoms with Crippen LogP contribution >= 0.6 is 0 Å². The summed E-state index contributed by atoms with van der Waals surface area (Å²) >= 11 is 0. The number of hydrogen-bond acceptors (Lipinski definition) is 5. The van der Waals surface area contributed by atoms with Crippen molar-refractivity contribution in [1.82, 2.24) is 14.4 Å². The molecule has 326 valence electrons. The van der Waals surface area contributed by atoms with E-state index < -0.39 is 97.4 Å². The summed E-state index contributed by atoms with van der Waals surface area (Å²) in [4.78, 5) is 38.3. The van der Waals surface area contributed by atoms with Gasteiger partial charge >= 0.3 is 30.7 Å². The summed E-state index contributed by atoms with van der Waals surface area (Å²) in [6.45, 7) is -1.61. The van der Waals surface area contributed by atoms with Crippen LogP contribution in [0.5, 0.6) is 0 Å². The molecular weight excluding hydrogens is 816 g/mol. The van der Waals surface area contributed by atoms with Crippen LogP contribution in [-0.2, 0) is 42.2 Å². The predicted molar refractivity (Wildman–Crippen MR) is 190 cm³/mol. The molecule has 3 N–H and O–H groups in total. The van der Waals surface area contributed by atoms with Crippen molar-refractivity contribution in [2.24, 2.45) is 24.1 Å². The lowest BCUT2D eigenvalue weighted by Gasteiger charge is -2.40. The number of aromatic nitrogens is 1. The number of rotatable bonds is 8. The molecule has 0 bridgehead atoms. The number of carbonyl (C=O) groups is 2. The van der Waals surface area contributed by atoms with Crippen LogP contribution in [0.15, 0.2) is 41.2 Å². The monoisotopic (exact) mass is 858 g/mol. The first-order valence-corrected chi connectivity index (χ1v) is 18.7. The molecule has 20 heteroatoms. The normalized spacial score (nSPS) is 19.6. The SMILES string of the molecule is Cn1c(=O)c(C2CCc3c(CCC(=O)O)cccc32)c(C(F)(F)F)c2cc(CN3CCC(C(F)(F)F)CC3)ccc21.NC(=O)C1(C(F)(F)F)CCN(CC(F)(F)F)CC1. The average molecular weight is 859 g/mol. The van der Waals surface area contributed by atoms with Crippen LogP contribution in [0.2, 0.25) is 0 Å². The Balaban J connectivity index is 0.000000309. The Morgan fingerprint density at radius 2 is 1.49 bits per heavy atom. The zero-order valence-electron chi connectivity index (χ0n) is 31.6. The number of primary amides is 1. The van der Waals surface area contributed by atoms with Gasteiger partial charge in [-0.1, -0.05) is 24.3 Å². The largest absolute Gasteiger partial charge is 0.481 e. The zero-order chi connectivity index (χ0) is 43.9. The zero-order valence-corrected chi connectivity index (χ0v) is 31.6. The predicted octanol–water partition coefficient (Wildman–Crippen LogP) is 8.11. The van der Waals surface area contributed by atoms with E-state index in [2.05, 4.69) is 0 Å². The van der Waals surface area contributed by atoms with Crippen molar-refractivity contribution in [3.8, 4) is 0 Å². The van der Waals surface area contributed by atoms with E-state index in [1.165, 1.54) is 23.7 Å². The lowest BCUT2D eigenvalue weighted by Crippen LogP contribution is -2.56. The number of amides is 1. The summed E-state index contributed by atoms with van der Waals surface area (Å²) in [5, 5.41) is 8.98. The van der Waals surface area contributed by atoms with Gasteiger partial charge < -0.3 is 15.4 Å². The molecule has 0 spiro atoms. The Hall–Kier alpha value is -4.33. The maximum Gasteiger partial charge on any atom is 0.417 e. The van der Waals surface area contributed by atoms with Crippen molar-refractivity contribution in [3.63, 3.8) is 0 Å². The van der Waals surface area contributed by atoms with Crippen LogP contribution in [0.25, 0.3) is 10.9 Å². The molecule has 0 saturated carbocycles. The van der Waals surface area contributed by atoms with Gasteiger partial charge in [-0.05, 0) is 106 Å². The van der Waals surface area contributed by atoms with Gasteiger partial charge in [-0.3, -0.25) is 24.2 Å². The lowest BCUT2D eigenvalue weighted by molar-refractivity contribution is -0.234. The summed E-state index contributed by atoms with van der Waals surface area (Å²) in [6.07, 6.45) is -19.1. The molecule has 2 aliphatic heterocycles. The van der Waals surface area contributed by atoms with Crippen molar-refractivity contribution in [2.45, 2.75) is 88.5 Å². The molecule has 2 saturated heterocycles. The van der Waals surface area contributed by atoms with Crippen molar-refractivity contribution in [1.29, 1.82) is 0 Å². The molecule has 59 heavy (non-hydrogen) atoms. The number of fused-ring (bicyclic) bond motifs is 2. The van der Waals surface area contributed by atoms with E-state index in [4.69, 9.17) is 10.8 Å². The topological polar surface area (TPSA) is 109 Å². The second-order valence-corrected chi connectivity index (χ2v) is 15.4. The molecule has 1 aliphatic carbocycles. The molecule has 3 aliphatic rings. The second kappa shape index (κ2) is 17.0. The Morgan fingerprint density at radius 1 is 0.864 bits per heavy atom. The Labute approximate surface area is 329 Å². The minimum Gasteiger partial charge on any atom is -0.481 e. The van der Waals surface area contributed by atoms with Gasteiger partial charge in [0.15, 0.2) is 0 Å². The highest BCUT2D eigenvalue weighted by atomic mass is 19.4. The molecule has 1 atom stereocenters. The number of benzene rings is 2. The van der Waals surface area contributed by atoms with Crippen LogP contribution in [0.4, 0.5) is 52.7 Å². The fourth-order valence-electron chi connectivity index (χ4n) is 8.54. The molecule has 2 aromatic carbocycles. The number of carboxylic acids is 1. The number of halogens is 12. The lowest BCUT2D eigenvalue weighted by atomic mass is 9.77. The van der Waals surface area contributed by atoms with E-state index in [1.807, 2.05) is 4.90 Å². The number of aliphatic carboxylic acids is 1. The highest BCUT2D eigenvalue weighted by molar-refractivity contribution is 5.85. The van der Waals surface area contributed by atoms with Crippen molar-refractivity contribution >= 4 is 22.8 Å². The van der Waals surface area contributed by atoms with Gasteiger partial charge in [-0.2, -0.15) is 52.7 Å². The van der Waals surface area contributed by atoms with Crippen LogP contribution in [0.1, 0.15) is 77.8 Å². The minimum absolute atomic E-state index is 0.0565. The van der Waals surface area contributed by atoms with Gasteiger partial charge in [0.2, 0.25) is 5.91 Å². The number of aryl methyl sites for hydroxylation is 2. The fourth-order valence-corrected chi connectivity index (χ4v) is 8.54. The first-order valence-electron chi connectivity index (χ1n) is 18.7. The summed E-state index contributed by atoms with van der Waals surface area (Å²) in [7, 11) is 1.44. The molecule has 1 aromatic heterocycles. The first kappa shape index (κ1) is 45.7. The highest BCUT2D eigenvalue weighted by Gasteiger charge is 2.60. The van der Waals surface area contributed by atoms with Gasteiger partial charge in [0.05, 0.1) is 23.5 Å². The Morgan fingerprint density at radius 3 is 2.02 bits per heavy atom. The second-order valence-electron chi connectivity index (χ2n) is 15.4. The summed E-state index contributed by atoms with van der Waals surface area (Å²) in [5.41, 5.74) is 2.83. The fraction of sp³-hybridized carbons (Fsp3) is 0.564. The summed E-state index contributed by atoms with van der Waals surface area (Å²) in [6, 6.07) is 9.68. The number of pyridine rings is 1. The standard InChI is InChI=1S/C30H30F6N2O3.C9H12F6N2O/c1-37-24-9-5-17(16-38-13-11-19(12-14-38)29(31,32)33)15-23(24)27(30(34,35)36)26(28(37)41)22-8-7-20-18(6-10-25(39)40)3-2-4-21(20)22;10-8(11,12)5-17-3-1-7(2-4-17,6(16)18)9(13,14)15/h2-5,9,15,19,22H,6-8,10-14,16H2,1H3,(H,39,40);1-5H2,(H2,16,18). The minimum atomic E-state index is -4.84. The van der Waals surface area contributed by atoms with Gasteiger partial charge in [-0.15, -0.1) is 0 Å². The number of likely N-dealkylation sites (tertiary alicyclic amines) is 2. The van der Waals surface area contributed by atoms with Gasteiger partial charge in [0.25, 0.3) is 5.56 Å². The van der Waals surface area contributed by atoms with Gasteiger partial charge in [-0.25, -0.2) is 0 Å². The third kappa shape index (κ3) is 10.2. The molecule has 3 aromatic rings. The maximum atomic E-state index is 14.8. The number of nitrogens with two attached hydrogens (primary N) is 1. The summed E-state index contributed by atoms with van der Waals surface area (Å²) < 4.78 is 159. The molecular formula is C39H42F12N4O4. The molecule has 8 nitrogen and oxygen atoms in total. The molecule has 6 rings (SSSR count). The van der Waals surface area contributed by atoms with E-state index in [0.29, 0.717) is 17.5 Å². The first-order chi connectivity index (χ1) is 27.2. The molecule has 0 radical (unpaired) electrons. The highest BCUT2D eigenvalue weighted by Crippen LogP contribution is 2.47. The maximum absolute atomic E-state index is 14.8.